The van der Waals surface area contributed by atoms with Crippen LogP contribution in [-0.2, 0) is 0 Å². The number of halogens is 3. The Hall–Kier alpha value is -1.52. The fourth-order valence-corrected chi connectivity index (χ4v) is 3.81. The second-order valence-corrected chi connectivity index (χ2v) is 7.66. The first-order valence-corrected chi connectivity index (χ1v) is 9.02. The molecule has 0 unspecified atom stereocenters. The summed E-state index contributed by atoms with van der Waals surface area (Å²) < 4.78 is 0. The third-order valence-corrected chi connectivity index (χ3v) is 5.33. The summed E-state index contributed by atoms with van der Waals surface area (Å²) in [7, 11) is 0. The highest BCUT2D eigenvalue weighted by Gasteiger charge is 2.23. The lowest BCUT2D eigenvalue weighted by molar-refractivity contribution is 0.100. The number of carbonyl (C=O) groups is 1. The molecule has 1 heterocycles. The van der Waals surface area contributed by atoms with E-state index in [1.165, 1.54) is 11.3 Å². The molecule has 0 radical (unpaired) electrons. The highest BCUT2D eigenvalue weighted by Crippen LogP contribution is 2.34. The standard InChI is InChI=1S/C18H12Cl3NOS/c1-11-10-16(21)17(24-11)18(23)22(14-6-2-12(19)3-7-14)15-8-4-13(20)5-9-15/h2-10H,1H3. The summed E-state index contributed by atoms with van der Waals surface area (Å²) in [4.78, 5) is 16.2. The number of benzene rings is 2. The molecule has 0 saturated heterocycles. The number of amides is 1. The van der Waals surface area contributed by atoms with Crippen LogP contribution in [0.1, 0.15) is 14.5 Å². The van der Waals surface area contributed by atoms with Crippen molar-refractivity contribution in [2.24, 2.45) is 0 Å². The van der Waals surface area contributed by atoms with Crippen LogP contribution in [0.15, 0.2) is 54.6 Å². The van der Waals surface area contributed by atoms with Gasteiger partial charge in [-0.15, -0.1) is 11.3 Å². The molecule has 0 aliphatic carbocycles. The summed E-state index contributed by atoms with van der Waals surface area (Å²) in [6.07, 6.45) is 0. The van der Waals surface area contributed by atoms with Gasteiger partial charge in [-0.05, 0) is 61.5 Å². The Labute approximate surface area is 159 Å². The highest BCUT2D eigenvalue weighted by molar-refractivity contribution is 7.14. The van der Waals surface area contributed by atoms with Gasteiger partial charge in [0.25, 0.3) is 5.91 Å². The Kier molecular flexibility index (Phi) is 5.16. The lowest BCUT2D eigenvalue weighted by Crippen LogP contribution is -2.25. The summed E-state index contributed by atoms with van der Waals surface area (Å²) in [6.45, 7) is 1.92. The van der Waals surface area contributed by atoms with Crippen molar-refractivity contribution in [3.05, 3.63) is 79.4 Å². The van der Waals surface area contributed by atoms with Gasteiger partial charge in [-0.25, -0.2) is 0 Å². The molecule has 1 amide bonds. The van der Waals surface area contributed by atoms with Gasteiger partial charge in [0, 0.05) is 26.3 Å². The Bertz CT molecular complexity index is 827. The molecule has 2 aromatic carbocycles. The molecule has 0 N–H and O–H groups in total. The molecule has 0 fully saturated rings. The van der Waals surface area contributed by atoms with Crippen LogP contribution in [0.3, 0.4) is 0 Å². The molecule has 0 aliphatic rings. The first-order chi connectivity index (χ1) is 11.5. The molecule has 0 bridgehead atoms. The lowest BCUT2D eigenvalue weighted by Gasteiger charge is -2.23. The number of thiophene rings is 1. The molecule has 0 saturated carbocycles. The van der Waals surface area contributed by atoms with Crippen molar-refractivity contribution >= 4 is 63.4 Å². The van der Waals surface area contributed by atoms with Crippen molar-refractivity contribution < 1.29 is 4.79 Å². The highest BCUT2D eigenvalue weighted by atomic mass is 35.5. The largest absolute Gasteiger partial charge is 0.276 e. The quantitative estimate of drug-likeness (QED) is 0.467. The average molecular weight is 397 g/mol. The zero-order valence-electron chi connectivity index (χ0n) is 12.6. The SMILES string of the molecule is Cc1cc(Cl)c(C(=O)N(c2ccc(Cl)cc2)c2ccc(Cl)cc2)s1. The van der Waals surface area contributed by atoms with Gasteiger partial charge in [-0.3, -0.25) is 9.69 Å². The van der Waals surface area contributed by atoms with Gasteiger partial charge in [-0.1, -0.05) is 34.8 Å². The first kappa shape index (κ1) is 17.3. The van der Waals surface area contributed by atoms with Crippen LogP contribution < -0.4 is 4.90 Å². The van der Waals surface area contributed by atoms with E-state index in [1.54, 1.807) is 59.5 Å². The monoisotopic (exact) mass is 395 g/mol. The Morgan fingerprint density at radius 2 is 1.33 bits per heavy atom. The molecule has 122 valence electrons. The molecule has 1 aromatic heterocycles. The number of aryl methyl sites for hydroxylation is 1. The Morgan fingerprint density at radius 3 is 1.71 bits per heavy atom. The fraction of sp³-hybridized carbons (Fsp3) is 0.0556. The van der Waals surface area contributed by atoms with Crippen molar-refractivity contribution in [1.82, 2.24) is 0 Å². The zero-order chi connectivity index (χ0) is 17.3. The maximum atomic E-state index is 13.1. The van der Waals surface area contributed by atoms with Crippen molar-refractivity contribution in [1.29, 1.82) is 0 Å². The van der Waals surface area contributed by atoms with E-state index in [0.29, 0.717) is 31.3 Å². The first-order valence-electron chi connectivity index (χ1n) is 7.07. The van der Waals surface area contributed by atoms with E-state index in [0.717, 1.165) is 4.88 Å². The molecular weight excluding hydrogens is 385 g/mol. The summed E-state index contributed by atoms with van der Waals surface area (Å²) in [5.74, 6) is -0.192. The summed E-state index contributed by atoms with van der Waals surface area (Å²) in [5, 5.41) is 1.66. The van der Waals surface area contributed by atoms with Crippen LogP contribution in [0, 0.1) is 6.92 Å². The van der Waals surface area contributed by atoms with Crippen LogP contribution in [0.4, 0.5) is 11.4 Å². The minimum Gasteiger partial charge on any atom is -0.276 e. The number of anilines is 2. The predicted molar refractivity (Wildman–Crippen MR) is 103 cm³/mol. The molecule has 6 heteroatoms. The van der Waals surface area contributed by atoms with Gasteiger partial charge >= 0.3 is 0 Å². The summed E-state index contributed by atoms with van der Waals surface area (Å²) in [5.41, 5.74) is 1.41. The molecule has 3 rings (SSSR count). The van der Waals surface area contributed by atoms with Gasteiger partial charge in [0.15, 0.2) is 0 Å². The number of hydrogen-bond acceptors (Lipinski definition) is 2. The third-order valence-electron chi connectivity index (χ3n) is 3.38. The summed E-state index contributed by atoms with van der Waals surface area (Å²) >= 11 is 19.5. The second kappa shape index (κ2) is 7.16. The number of carbonyl (C=O) groups excluding carboxylic acids is 1. The van der Waals surface area contributed by atoms with Crippen LogP contribution in [-0.4, -0.2) is 5.91 Å². The van der Waals surface area contributed by atoms with E-state index in [9.17, 15) is 4.79 Å². The van der Waals surface area contributed by atoms with Gasteiger partial charge in [0.1, 0.15) is 4.88 Å². The minimum absolute atomic E-state index is 0.192. The molecular formula is C18H12Cl3NOS. The molecule has 2 nitrogen and oxygen atoms in total. The van der Waals surface area contributed by atoms with Crippen LogP contribution in [0.25, 0.3) is 0 Å². The molecule has 0 aliphatic heterocycles. The number of nitrogens with zero attached hydrogens (tertiary/aromatic N) is 1. The van der Waals surface area contributed by atoms with Crippen LogP contribution in [0.2, 0.25) is 15.1 Å². The van der Waals surface area contributed by atoms with Gasteiger partial charge in [-0.2, -0.15) is 0 Å². The predicted octanol–water partition coefficient (Wildman–Crippen LogP) is 7.00. The van der Waals surface area contributed by atoms with Gasteiger partial charge in [0.05, 0.1) is 5.02 Å². The maximum absolute atomic E-state index is 13.1. The smallest absolute Gasteiger partial charge is 0.274 e. The van der Waals surface area contributed by atoms with Gasteiger partial charge < -0.3 is 0 Å². The molecule has 0 spiro atoms. The van der Waals surface area contributed by atoms with E-state index >= 15 is 0 Å². The van der Waals surface area contributed by atoms with E-state index in [2.05, 4.69) is 0 Å². The zero-order valence-corrected chi connectivity index (χ0v) is 15.7. The van der Waals surface area contributed by atoms with Crippen LogP contribution in [0.5, 0.6) is 0 Å². The van der Waals surface area contributed by atoms with Crippen LogP contribution >= 0.6 is 46.1 Å². The third kappa shape index (κ3) is 3.60. The van der Waals surface area contributed by atoms with Crippen molar-refractivity contribution in [2.45, 2.75) is 6.92 Å². The molecule has 24 heavy (non-hydrogen) atoms. The fourth-order valence-electron chi connectivity index (χ4n) is 2.29. The van der Waals surface area contributed by atoms with E-state index < -0.39 is 0 Å². The Balaban J connectivity index is 2.11. The minimum atomic E-state index is -0.192. The normalized spacial score (nSPS) is 10.7. The van der Waals surface area contributed by atoms with Crippen molar-refractivity contribution in [3.8, 4) is 0 Å². The topological polar surface area (TPSA) is 20.3 Å². The van der Waals surface area contributed by atoms with E-state index in [4.69, 9.17) is 34.8 Å². The van der Waals surface area contributed by atoms with E-state index in [-0.39, 0.29) is 5.91 Å². The lowest BCUT2D eigenvalue weighted by atomic mass is 10.2. The number of hydrogen-bond donors (Lipinski definition) is 0. The van der Waals surface area contributed by atoms with Gasteiger partial charge in [0.2, 0.25) is 0 Å². The number of rotatable bonds is 3. The summed E-state index contributed by atoms with van der Waals surface area (Å²) in [6, 6.07) is 16.0. The molecule has 3 aromatic rings. The average Bonchev–Trinajstić information content (AvgIpc) is 2.90. The Morgan fingerprint density at radius 1 is 0.875 bits per heavy atom. The van der Waals surface area contributed by atoms with E-state index in [1.807, 2.05) is 6.92 Å². The van der Waals surface area contributed by atoms with Crippen molar-refractivity contribution in [3.63, 3.8) is 0 Å². The maximum Gasteiger partial charge on any atom is 0.274 e. The second-order valence-electron chi connectivity index (χ2n) is 5.13. The van der Waals surface area contributed by atoms with Crippen molar-refractivity contribution in [2.75, 3.05) is 4.90 Å². The molecule has 0 atom stereocenters.